The molecular formula is C27H21F4NO2. The molecule has 0 N–H and O–H groups in total. The van der Waals surface area contributed by atoms with Gasteiger partial charge in [-0.15, -0.1) is 0 Å². The van der Waals surface area contributed by atoms with Gasteiger partial charge >= 0.3 is 6.18 Å². The van der Waals surface area contributed by atoms with Crippen molar-refractivity contribution in [1.29, 1.82) is 0 Å². The predicted octanol–water partition coefficient (Wildman–Crippen LogP) is 6.61. The van der Waals surface area contributed by atoms with E-state index in [4.69, 9.17) is 4.74 Å². The molecule has 0 saturated heterocycles. The monoisotopic (exact) mass is 467 g/mol. The number of halogens is 4. The van der Waals surface area contributed by atoms with Crippen LogP contribution in [0.4, 0.5) is 23.2 Å². The molecule has 2 aliphatic heterocycles. The summed E-state index contributed by atoms with van der Waals surface area (Å²) in [6.07, 6.45) is -0.785. The first-order chi connectivity index (χ1) is 15.9. The maximum absolute atomic E-state index is 13.4. The van der Waals surface area contributed by atoms with Gasteiger partial charge in [0.2, 0.25) is 5.72 Å². The second-order valence-electron chi connectivity index (χ2n) is 9.13. The maximum Gasteiger partial charge on any atom is 0.416 e. The molecule has 1 unspecified atom stereocenters. The van der Waals surface area contributed by atoms with Crippen molar-refractivity contribution in [2.24, 2.45) is 0 Å². The van der Waals surface area contributed by atoms with Gasteiger partial charge in [0, 0.05) is 29.4 Å². The third-order valence-corrected chi connectivity index (χ3v) is 6.89. The van der Waals surface area contributed by atoms with Gasteiger partial charge in [-0.1, -0.05) is 0 Å². The largest absolute Gasteiger partial charge is 0.463 e. The second kappa shape index (κ2) is 7.19. The van der Waals surface area contributed by atoms with E-state index in [0.29, 0.717) is 33.7 Å². The fourth-order valence-electron chi connectivity index (χ4n) is 4.90. The number of carbonyl (C=O) groups is 1. The number of ether oxygens (including phenoxy) is 1. The van der Waals surface area contributed by atoms with Gasteiger partial charge in [0.25, 0.3) is 0 Å². The molecule has 3 aromatic rings. The molecule has 3 aromatic carbocycles. The Morgan fingerprint density at radius 3 is 2.29 bits per heavy atom. The van der Waals surface area contributed by atoms with Gasteiger partial charge in [0.15, 0.2) is 5.78 Å². The van der Waals surface area contributed by atoms with Crippen LogP contribution in [0.5, 0.6) is 5.75 Å². The number of carbonyl (C=O) groups excluding carboxylic acids is 1. The standard InChI is InChI=1S/C27H21F4NO2/c1-25(2)21-15-19(27(29,30)31)7-10-22(21)32(3)26(25)13-12-17-14-18(6-11-23(17)34-26)24(33)16-4-8-20(28)9-5-16/h4-15H,1-3H3. The van der Waals surface area contributed by atoms with Crippen LogP contribution in [0, 0.1) is 5.82 Å². The minimum atomic E-state index is -4.44. The van der Waals surface area contributed by atoms with Gasteiger partial charge in [-0.2, -0.15) is 13.2 Å². The molecule has 0 fully saturated rings. The van der Waals surface area contributed by atoms with Crippen molar-refractivity contribution in [2.75, 3.05) is 11.9 Å². The molecule has 3 nitrogen and oxygen atoms in total. The number of benzene rings is 3. The second-order valence-corrected chi connectivity index (χ2v) is 9.13. The Bertz CT molecular complexity index is 1340. The highest BCUT2D eigenvalue weighted by atomic mass is 19.4. The number of hydrogen-bond acceptors (Lipinski definition) is 3. The molecule has 0 aliphatic carbocycles. The molecular weight excluding hydrogens is 446 g/mol. The highest BCUT2D eigenvalue weighted by molar-refractivity contribution is 6.09. The molecule has 7 heteroatoms. The van der Waals surface area contributed by atoms with E-state index < -0.39 is 28.7 Å². The van der Waals surface area contributed by atoms with Crippen LogP contribution < -0.4 is 9.64 Å². The highest BCUT2D eigenvalue weighted by Gasteiger charge is 2.58. The van der Waals surface area contributed by atoms with Crippen molar-refractivity contribution in [3.63, 3.8) is 0 Å². The summed E-state index contributed by atoms with van der Waals surface area (Å²) < 4.78 is 59.8. The predicted molar refractivity (Wildman–Crippen MR) is 122 cm³/mol. The zero-order valence-electron chi connectivity index (χ0n) is 18.7. The SMILES string of the molecule is CN1c2ccc(C(F)(F)F)cc2C(C)(C)C12C=Cc1cc(C(=O)c3ccc(F)cc3)ccc1O2. The number of hydrogen-bond donors (Lipinski definition) is 0. The lowest BCUT2D eigenvalue weighted by Gasteiger charge is -2.45. The summed E-state index contributed by atoms with van der Waals surface area (Å²) in [5, 5.41) is 0. The van der Waals surface area contributed by atoms with Crippen molar-refractivity contribution in [2.45, 2.75) is 31.2 Å². The lowest BCUT2D eigenvalue weighted by atomic mass is 9.76. The Hall–Kier alpha value is -3.61. The molecule has 0 aromatic heterocycles. The molecule has 34 heavy (non-hydrogen) atoms. The van der Waals surface area contributed by atoms with E-state index in [2.05, 4.69) is 0 Å². The fraction of sp³-hybridized carbons (Fsp3) is 0.222. The number of likely N-dealkylation sites (N-methyl/N-ethyl adjacent to an activating group) is 1. The Morgan fingerprint density at radius 1 is 0.941 bits per heavy atom. The van der Waals surface area contributed by atoms with Crippen molar-refractivity contribution in [3.8, 4) is 5.75 Å². The zero-order chi connectivity index (χ0) is 24.5. The average Bonchev–Trinajstić information content (AvgIpc) is 2.96. The van der Waals surface area contributed by atoms with E-state index in [1.54, 1.807) is 25.2 Å². The first-order valence-corrected chi connectivity index (χ1v) is 10.7. The van der Waals surface area contributed by atoms with E-state index in [0.717, 1.165) is 6.07 Å². The van der Waals surface area contributed by atoms with Crippen molar-refractivity contribution in [3.05, 3.63) is 100 Å². The van der Waals surface area contributed by atoms with Gasteiger partial charge < -0.3 is 9.64 Å². The molecule has 0 saturated carbocycles. The number of alkyl halides is 3. The summed E-state index contributed by atoms with van der Waals surface area (Å²) in [5.41, 5.74) is 0.112. The molecule has 5 rings (SSSR count). The minimum Gasteiger partial charge on any atom is -0.463 e. The zero-order valence-corrected chi connectivity index (χ0v) is 18.7. The molecule has 0 radical (unpaired) electrons. The summed E-state index contributed by atoms with van der Waals surface area (Å²) in [7, 11) is 1.79. The van der Waals surface area contributed by atoms with Crippen molar-refractivity contribution >= 4 is 17.5 Å². The Balaban J connectivity index is 1.52. The van der Waals surface area contributed by atoms with Crippen LogP contribution >= 0.6 is 0 Å². The lowest BCUT2D eigenvalue weighted by molar-refractivity contribution is -0.137. The normalized spacial score (nSPS) is 20.1. The first kappa shape index (κ1) is 22.2. The Kier molecular flexibility index (Phi) is 4.70. The summed E-state index contributed by atoms with van der Waals surface area (Å²) >= 11 is 0. The van der Waals surface area contributed by atoms with Gasteiger partial charge in [-0.25, -0.2) is 4.39 Å². The quantitative estimate of drug-likeness (QED) is 0.314. The molecule has 174 valence electrons. The summed E-state index contributed by atoms with van der Waals surface area (Å²) in [5.74, 6) is -0.154. The summed E-state index contributed by atoms with van der Waals surface area (Å²) in [4.78, 5) is 14.7. The smallest absolute Gasteiger partial charge is 0.416 e. The van der Waals surface area contributed by atoms with Crippen LogP contribution in [-0.4, -0.2) is 18.6 Å². The van der Waals surface area contributed by atoms with Crippen LogP contribution in [0.3, 0.4) is 0 Å². The van der Waals surface area contributed by atoms with Crippen LogP contribution in [0.25, 0.3) is 6.08 Å². The van der Waals surface area contributed by atoms with E-state index in [-0.39, 0.29) is 5.78 Å². The number of fused-ring (bicyclic) bond motifs is 2. The van der Waals surface area contributed by atoms with Crippen LogP contribution in [0.15, 0.2) is 66.7 Å². The Morgan fingerprint density at radius 2 is 1.62 bits per heavy atom. The minimum absolute atomic E-state index is 0.248. The van der Waals surface area contributed by atoms with Crippen molar-refractivity contribution in [1.82, 2.24) is 0 Å². The molecule has 1 atom stereocenters. The third-order valence-electron chi connectivity index (χ3n) is 6.89. The van der Waals surface area contributed by atoms with Crippen LogP contribution in [0.1, 0.15) is 46.5 Å². The van der Waals surface area contributed by atoms with Crippen LogP contribution in [0.2, 0.25) is 0 Å². The Labute approximate surface area is 194 Å². The lowest BCUT2D eigenvalue weighted by Crippen LogP contribution is -2.58. The highest BCUT2D eigenvalue weighted by Crippen LogP contribution is 2.55. The number of rotatable bonds is 2. The van der Waals surface area contributed by atoms with E-state index in [1.165, 1.54) is 36.4 Å². The molecule has 0 bridgehead atoms. The van der Waals surface area contributed by atoms with E-state index in [1.807, 2.05) is 30.9 Å². The van der Waals surface area contributed by atoms with Crippen LogP contribution in [-0.2, 0) is 11.6 Å². The molecule has 2 aliphatic rings. The number of anilines is 1. The molecule has 0 amide bonds. The fourth-order valence-corrected chi connectivity index (χ4v) is 4.90. The van der Waals surface area contributed by atoms with E-state index >= 15 is 0 Å². The number of ketones is 1. The first-order valence-electron chi connectivity index (χ1n) is 10.7. The van der Waals surface area contributed by atoms with E-state index in [9.17, 15) is 22.4 Å². The number of nitrogens with zero attached hydrogens (tertiary/aromatic N) is 1. The van der Waals surface area contributed by atoms with Gasteiger partial charge in [-0.05, 0) is 92.2 Å². The topological polar surface area (TPSA) is 29.5 Å². The van der Waals surface area contributed by atoms with Crippen molar-refractivity contribution < 1.29 is 27.1 Å². The van der Waals surface area contributed by atoms with Gasteiger partial charge in [-0.3, -0.25) is 4.79 Å². The average molecular weight is 467 g/mol. The van der Waals surface area contributed by atoms with Gasteiger partial charge in [0.1, 0.15) is 11.6 Å². The summed E-state index contributed by atoms with van der Waals surface area (Å²) in [6.45, 7) is 3.72. The maximum atomic E-state index is 13.4. The third kappa shape index (κ3) is 3.14. The summed E-state index contributed by atoms with van der Waals surface area (Å²) in [6, 6.07) is 14.1. The van der Waals surface area contributed by atoms with Gasteiger partial charge in [0.05, 0.1) is 11.0 Å². The molecule has 2 heterocycles. The molecule has 1 spiro atoms.